The molecule has 0 radical (unpaired) electrons. The number of amides is 1. The highest BCUT2D eigenvalue weighted by atomic mass is 32.2. The number of rotatable bonds is 5. The Morgan fingerprint density at radius 2 is 1.82 bits per heavy atom. The predicted molar refractivity (Wildman–Crippen MR) is 104 cm³/mol. The molecule has 0 aliphatic carbocycles. The minimum atomic E-state index is -2.28. The van der Waals surface area contributed by atoms with Gasteiger partial charge < -0.3 is 10.0 Å². The maximum Gasteiger partial charge on any atom is 0.306 e. The molecule has 2 aliphatic heterocycles. The van der Waals surface area contributed by atoms with Crippen LogP contribution in [0.15, 0.2) is 23.4 Å². The van der Waals surface area contributed by atoms with Crippen LogP contribution in [0.3, 0.4) is 0 Å². The van der Waals surface area contributed by atoms with Gasteiger partial charge in [0.1, 0.15) is 0 Å². The van der Waals surface area contributed by atoms with E-state index >= 15 is 0 Å². The summed E-state index contributed by atoms with van der Waals surface area (Å²) < 4.78 is 22.9. The molecule has 2 fully saturated rings. The Hall–Kier alpha value is -2.00. The number of Topliss-reactive ketones (excluding diaryl/α,β-unsaturated/α-hetero) is 1. The van der Waals surface area contributed by atoms with Gasteiger partial charge in [0.25, 0.3) is 11.3 Å². The fraction of sp³-hybridized carbons (Fsp3) is 0.632. The van der Waals surface area contributed by atoms with Crippen LogP contribution in [0.5, 0.6) is 0 Å². The first kappa shape index (κ1) is 22.3. The van der Waals surface area contributed by atoms with Crippen molar-refractivity contribution in [1.82, 2.24) is 9.21 Å². The maximum atomic E-state index is 12.9. The Morgan fingerprint density at radius 1 is 1.21 bits per heavy atom. The SMILES string of the molecule is C/C=C1/C(=O)[C@@H](CCC(=O)N2CCC(C(=O)O)CC2)[C@@H](C)N(S(=O)O)/C1=C/C. The van der Waals surface area contributed by atoms with Gasteiger partial charge in [0.05, 0.1) is 17.7 Å². The molecule has 156 valence electrons. The summed E-state index contributed by atoms with van der Waals surface area (Å²) in [5.41, 5.74) is 0.821. The van der Waals surface area contributed by atoms with E-state index in [1.54, 1.807) is 37.8 Å². The van der Waals surface area contributed by atoms with Gasteiger partial charge in [0.15, 0.2) is 5.78 Å². The van der Waals surface area contributed by atoms with E-state index in [4.69, 9.17) is 5.11 Å². The van der Waals surface area contributed by atoms with E-state index in [9.17, 15) is 23.1 Å². The fourth-order valence-electron chi connectivity index (χ4n) is 4.03. The molecule has 2 heterocycles. The number of carboxylic acid groups (broad SMARTS) is 1. The van der Waals surface area contributed by atoms with E-state index in [0.29, 0.717) is 37.2 Å². The summed E-state index contributed by atoms with van der Waals surface area (Å²) in [6.45, 7) is 5.94. The molecule has 2 aliphatic rings. The second-order valence-electron chi connectivity index (χ2n) is 7.18. The first-order chi connectivity index (χ1) is 13.2. The molecule has 0 bridgehead atoms. The Balaban J connectivity index is 2.06. The van der Waals surface area contributed by atoms with Gasteiger partial charge in [0.2, 0.25) is 5.91 Å². The van der Waals surface area contributed by atoms with Crippen LogP contribution in [-0.2, 0) is 25.7 Å². The normalized spacial score (nSPS) is 28.1. The summed E-state index contributed by atoms with van der Waals surface area (Å²) >= 11 is -2.28. The van der Waals surface area contributed by atoms with Gasteiger partial charge in [-0.1, -0.05) is 12.2 Å². The van der Waals surface area contributed by atoms with Crippen LogP contribution in [0.2, 0.25) is 0 Å². The third-order valence-corrected chi connectivity index (χ3v) is 6.53. The van der Waals surface area contributed by atoms with Gasteiger partial charge in [-0.05, 0) is 40.0 Å². The first-order valence-electron chi connectivity index (χ1n) is 9.50. The van der Waals surface area contributed by atoms with Crippen molar-refractivity contribution < 1.29 is 28.3 Å². The van der Waals surface area contributed by atoms with Gasteiger partial charge in [0, 0.05) is 31.0 Å². The van der Waals surface area contributed by atoms with Crippen LogP contribution in [0.1, 0.15) is 46.5 Å². The summed E-state index contributed by atoms with van der Waals surface area (Å²) in [7, 11) is 0. The second-order valence-corrected chi connectivity index (χ2v) is 8.03. The number of ketones is 1. The molecule has 0 aromatic carbocycles. The van der Waals surface area contributed by atoms with E-state index in [-0.39, 0.29) is 24.5 Å². The molecule has 1 amide bonds. The Kier molecular flexibility index (Phi) is 7.54. The van der Waals surface area contributed by atoms with Crippen molar-refractivity contribution in [3.05, 3.63) is 23.4 Å². The summed E-state index contributed by atoms with van der Waals surface area (Å²) in [5.74, 6) is -2.04. The van der Waals surface area contributed by atoms with Crippen molar-refractivity contribution in [3.8, 4) is 0 Å². The lowest BCUT2D eigenvalue weighted by Crippen LogP contribution is -2.48. The lowest BCUT2D eigenvalue weighted by atomic mass is 9.82. The van der Waals surface area contributed by atoms with Gasteiger partial charge in [-0.15, -0.1) is 0 Å². The number of likely N-dealkylation sites (tertiary alicyclic amines) is 1. The third kappa shape index (κ3) is 4.52. The molecule has 8 nitrogen and oxygen atoms in total. The summed E-state index contributed by atoms with van der Waals surface area (Å²) in [4.78, 5) is 38.1. The fourth-order valence-corrected chi connectivity index (χ4v) is 4.83. The van der Waals surface area contributed by atoms with Crippen molar-refractivity contribution in [3.63, 3.8) is 0 Å². The Bertz CT molecular complexity index is 724. The molecule has 0 aromatic rings. The molecule has 3 atom stereocenters. The van der Waals surface area contributed by atoms with Crippen molar-refractivity contribution in [2.75, 3.05) is 13.1 Å². The summed E-state index contributed by atoms with van der Waals surface area (Å²) in [6.07, 6.45) is 4.57. The molecule has 2 saturated heterocycles. The highest BCUT2D eigenvalue weighted by Crippen LogP contribution is 2.35. The first-order valence-corrected chi connectivity index (χ1v) is 10.6. The number of hydrogen-bond donors (Lipinski definition) is 2. The van der Waals surface area contributed by atoms with Crippen LogP contribution >= 0.6 is 0 Å². The Morgan fingerprint density at radius 3 is 2.29 bits per heavy atom. The molecule has 2 rings (SSSR count). The smallest absolute Gasteiger partial charge is 0.306 e. The Labute approximate surface area is 167 Å². The average Bonchev–Trinajstić information content (AvgIpc) is 2.66. The molecule has 0 aromatic heterocycles. The average molecular weight is 413 g/mol. The molecular formula is C19H28N2O6S. The van der Waals surface area contributed by atoms with E-state index in [0.717, 1.165) is 0 Å². The number of carbonyl (C=O) groups is 3. The van der Waals surface area contributed by atoms with Crippen molar-refractivity contribution in [1.29, 1.82) is 0 Å². The number of aliphatic carboxylic acids is 1. The number of allylic oxidation sites excluding steroid dienone is 3. The van der Waals surface area contributed by atoms with Gasteiger partial charge in [-0.25, -0.2) is 4.21 Å². The quantitative estimate of drug-likeness (QED) is 0.527. The number of piperidine rings is 2. The minimum Gasteiger partial charge on any atom is -0.481 e. The summed E-state index contributed by atoms with van der Waals surface area (Å²) in [5, 5.41) is 9.05. The number of carbonyl (C=O) groups excluding carboxylic acids is 2. The van der Waals surface area contributed by atoms with Crippen LogP contribution in [-0.4, -0.2) is 59.9 Å². The lowest BCUT2D eigenvalue weighted by Gasteiger charge is -2.40. The molecule has 0 spiro atoms. The molecule has 0 saturated carbocycles. The van der Waals surface area contributed by atoms with Crippen molar-refractivity contribution >= 4 is 28.9 Å². The van der Waals surface area contributed by atoms with Crippen molar-refractivity contribution in [2.24, 2.45) is 11.8 Å². The number of nitrogens with zero attached hydrogens (tertiary/aromatic N) is 2. The van der Waals surface area contributed by atoms with E-state index in [1.807, 2.05) is 0 Å². The van der Waals surface area contributed by atoms with Gasteiger partial charge in [-0.3, -0.25) is 23.2 Å². The summed E-state index contributed by atoms with van der Waals surface area (Å²) in [6, 6.07) is -0.515. The monoisotopic (exact) mass is 412 g/mol. The zero-order valence-corrected chi connectivity index (χ0v) is 17.3. The topological polar surface area (TPSA) is 115 Å². The largest absolute Gasteiger partial charge is 0.481 e. The maximum absolute atomic E-state index is 12.9. The third-order valence-electron chi connectivity index (χ3n) is 5.66. The molecule has 9 heteroatoms. The van der Waals surface area contributed by atoms with Crippen molar-refractivity contribution in [2.45, 2.75) is 52.5 Å². The van der Waals surface area contributed by atoms with E-state index in [2.05, 4.69) is 0 Å². The number of carboxylic acids is 1. The minimum absolute atomic E-state index is 0.112. The van der Waals surface area contributed by atoms with Crippen LogP contribution in [0.25, 0.3) is 0 Å². The van der Waals surface area contributed by atoms with E-state index < -0.39 is 35.1 Å². The zero-order valence-electron chi connectivity index (χ0n) is 16.5. The van der Waals surface area contributed by atoms with Gasteiger partial charge in [-0.2, -0.15) is 0 Å². The standard InChI is InChI=1S/C19H28N2O6S/c1-4-14-16(5-2)21(28(26)27)12(3)15(18(14)23)6-7-17(22)20-10-8-13(9-11-20)19(24)25/h4-5,12-13,15H,6-11H2,1-3H3,(H,24,25)(H,26,27)/b14-4+,16-5+/t12-,15+/m1/s1. The van der Waals surface area contributed by atoms with E-state index in [1.165, 1.54) is 4.31 Å². The molecular weight excluding hydrogens is 384 g/mol. The van der Waals surface area contributed by atoms with Crippen LogP contribution in [0, 0.1) is 11.8 Å². The van der Waals surface area contributed by atoms with Crippen LogP contribution < -0.4 is 0 Å². The molecule has 1 unspecified atom stereocenters. The highest BCUT2D eigenvalue weighted by molar-refractivity contribution is 7.76. The van der Waals surface area contributed by atoms with Crippen LogP contribution in [0.4, 0.5) is 0 Å². The molecule has 28 heavy (non-hydrogen) atoms. The molecule has 2 N–H and O–H groups in total. The zero-order chi connectivity index (χ0) is 21.0. The highest BCUT2D eigenvalue weighted by Gasteiger charge is 2.42. The second kappa shape index (κ2) is 9.47. The number of hydrogen-bond acceptors (Lipinski definition) is 4. The lowest BCUT2D eigenvalue weighted by molar-refractivity contribution is -0.145. The van der Waals surface area contributed by atoms with Gasteiger partial charge >= 0.3 is 5.97 Å². The predicted octanol–water partition coefficient (Wildman–Crippen LogP) is 1.97.